The molecule has 4 aromatic rings. The van der Waals surface area contributed by atoms with Crippen LogP contribution in [0.2, 0.25) is 5.02 Å². The molecule has 0 spiro atoms. The number of hydrogen-bond donors (Lipinski definition) is 1. The van der Waals surface area contributed by atoms with Crippen LogP contribution in [0.1, 0.15) is 49.6 Å². The number of ketones is 1. The van der Waals surface area contributed by atoms with Gasteiger partial charge in [-0.1, -0.05) is 36.7 Å². The monoisotopic (exact) mass is 493 g/mol. The molecule has 10 heteroatoms. The molecule has 35 heavy (non-hydrogen) atoms. The molecular weight excluding hydrogens is 474 g/mol. The number of Topliss-reactive ketones (excluding diaryl/α,β-unsaturated/α-hetero) is 1. The predicted octanol–water partition coefficient (Wildman–Crippen LogP) is 3.93. The highest BCUT2D eigenvalue weighted by Gasteiger charge is 2.34. The average Bonchev–Trinajstić information content (AvgIpc) is 3.22. The van der Waals surface area contributed by atoms with Gasteiger partial charge in [0.25, 0.3) is 5.56 Å². The maximum atomic E-state index is 13.4. The van der Waals surface area contributed by atoms with E-state index >= 15 is 0 Å². The Labute approximate surface area is 204 Å². The number of fused-ring (bicyclic) bond motifs is 1. The summed E-state index contributed by atoms with van der Waals surface area (Å²) in [5.41, 5.74) is -0.424. The zero-order valence-electron chi connectivity index (χ0n) is 19.0. The van der Waals surface area contributed by atoms with Gasteiger partial charge in [0.15, 0.2) is 17.1 Å². The first kappa shape index (κ1) is 23.9. The molecule has 0 fully saturated rings. The Kier molecular flexibility index (Phi) is 6.52. The van der Waals surface area contributed by atoms with E-state index in [1.165, 1.54) is 23.7 Å². The number of carbonyl (C=O) groups excluding carboxylic acids is 3. The molecule has 0 aliphatic rings. The Morgan fingerprint density at radius 2 is 1.60 bits per heavy atom. The topological polar surface area (TPSA) is 120 Å². The van der Waals surface area contributed by atoms with Gasteiger partial charge in [0.2, 0.25) is 0 Å². The van der Waals surface area contributed by atoms with Crippen molar-refractivity contribution in [2.75, 3.05) is 14.2 Å². The summed E-state index contributed by atoms with van der Waals surface area (Å²) in [6.07, 6.45) is 0. The van der Waals surface area contributed by atoms with E-state index in [-0.39, 0.29) is 27.9 Å². The van der Waals surface area contributed by atoms with Crippen molar-refractivity contribution in [3.63, 3.8) is 0 Å². The van der Waals surface area contributed by atoms with Crippen molar-refractivity contribution < 1.29 is 23.9 Å². The number of ether oxygens (including phenoxy) is 2. The lowest BCUT2D eigenvalue weighted by atomic mass is 9.87. The largest absolute Gasteiger partial charge is 0.465 e. The van der Waals surface area contributed by atoms with Crippen molar-refractivity contribution in [3.8, 4) is 5.69 Å². The van der Waals surface area contributed by atoms with Crippen molar-refractivity contribution in [2.45, 2.75) is 12.8 Å². The van der Waals surface area contributed by atoms with E-state index in [0.717, 1.165) is 14.2 Å². The second kappa shape index (κ2) is 9.55. The minimum Gasteiger partial charge on any atom is -0.465 e. The van der Waals surface area contributed by atoms with Crippen molar-refractivity contribution in [2.24, 2.45) is 0 Å². The number of H-pyrrole nitrogens is 1. The number of halogens is 1. The molecule has 1 N–H and O–H groups in total. The first-order chi connectivity index (χ1) is 16.8. The molecule has 0 unspecified atom stereocenters. The van der Waals surface area contributed by atoms with Crippen LogP contribution in [-0.4, -0.2) is 46.7 Å². The van der Waals surface area contributed by atoms with Gasteiger partial charge in [-0.05, 0) is 36.4 Å². The lowest BCUT2D eigenvalue weighted by molar-refractivity contribution is 0.0591. The standard InChI is InChI=1S/C25H20ClN3O6/c1-13(21(30)14-9-11-15(26)12-10-14)17-18(24(32)34-2)19-22(27-20(17)25(33)35-3)28-29(23(19)31)16-7-5-4-6-8-16/h4-13H,1-3H3,(H,27,28)/t13-/m0/s1. The molecule has 0 radical (unpaired) electrons. The number of aromatic amines is 1. The molecule has 0 aliphatic heterocycles. The minimum atomic E-state index is -1.06. The number of methoxy groups -OCH3 is 2. The first-order valence-corrected chi connectivity index (χ1v) is 10.9. The van der Waals surface area contributed by atoms with Gasteiger partial charge < -0.3 is 9.47 Å². The van der Waals surface area contributed by atoms with Crippen LogP contribution in [0.3, 0.4) is 0 Å². The lowest BCUT2D eigenvalue weighted by Gasteiger charge is -2.18. The molecule has 0 saturated heterocycles. The van der Waals surface area contributed by atoms with Crippen molar-refractivity contribution in [1.29, 1.82) is 0 Å². The summed E-state index contributed by atoms with van der Waals surface area (Å²) in [5, 5.41) is 3.16. The van der Waals surface area contributed by atoms with Gasteiger partial charge in [-0.25, -0.2) is 19.3 Å². The molecule has 1 atom stereocenters. The number of para-hydroxylation sites is 1. The van der Waals surface area contributed by atoms with Crippen molar-refractivity contribution in [1.82, 2.24) is 14.8 Å². The molecule has 178 valence electrons. The van der Waals surface area contributed by atoms with E-state index in [4.69, 9.17) is 21.1 Å². The van der Waals surface area contributed by atoms with Crippen LogP contribution in [0.5, 0.6) is 0 Å². The van der Waals surface area contributed by atoms with Crippen LogP contribution in [0.25, 0.3) is 16.7 Å². The van der Waals surface area contributed by atoms with Crippen LogP contribution in [0, 0.1) is 0 Å². The molecule has 9 nitrogen and oxygen atoms in total. The van der Waals surface area contributed by atoms with Gasteiger partial charge in [0.05, 0.1) is 25.5 Å². The number of carbonyl (C=O) groups is 3. The van der Waals surface area contributed by atoms with Crippen molar-refractivity contribution in [3.05, 3.63) is 92.4 Å². The Morgan fingerprint density at radius 1 is 0.971 bits per heavy atom. The second-order valence-corrected chi connectivity index (χ2v) is 8.07. The van der Waals surface area contributed by atoms with E-state index in [1.807, 2.05) is 0 Å². The molecule has 2 aromatic heterocycles. The normalized spacial score (nSPS) is 11.8. The fourth-order valence-electron chi connectivity index (χ4n) is 3.90. The van der Waals surface area contributed by atoms with Gasteiger partial charge in [-0.15, -0.1) is 0 Å². The Bertz CT molecular complexity index is 1510. The number of pyridine rings is 1. The molecular formula is C25H20ClN3O6. The molecule has 0 saturated carbocycles. The van der Waals surface area contributed by atoms with E-state index in [9.17, 15) is 19.2 Å². The highest BCUT2D eigenvalue weighted by molar-refractivity contribution is 6.30. The van der Waals surface area contributed by atoms with Crippen LogP contribution < -0.4 is 5.56 Å². The third kappa shape index (κ3) is 4.22. The number of aromatic nitrogens is 3. The summed E-state index contributed by atoms with van der Waals surface area (Å²) < 4.78 is 11.0. The van der Waals surface area contributed by atoms with Crippen LogP contribution in [0.15, 0.2) is 59.4 Å². The third-order valence-electron chi connectivity index (χ3n) is 5.61. The number of benzene rings is 2. The predicted molar refractivity (Wildman–Crippen MR) is 129 cm³/mol. The zero-order chi connectivity index (χ0) is 25.3. The Hall–Kier alpha value is -4.24. The number of hydrogen-bond acceptors (Lipinski definition) is 7. The zero-order valence-corrected chi connectivity index (χ0v) is 19.8. The quantitative estimate of drug-likeness (QED) is 0.319. The molecule has 2 aromatic carbocycles. The smallest absolute Gasteiger partial charge is 0.357 e. The molecule has 0 aliphatic carbocycles. The Balaban J connectivity index is 2.05. The van der Waals surface area contributed by atoms with Crippen molar-refractivity contribution >= 4 is 40.4 Å². The van der Waals surface area contributed by atoms with Gasteiger partial charge >= 0.3 is 11.9 Å². The van der Waals surface area contributed by atoms with Gasteiger partial charge in [0, 0.05) is 22.1 Å². The number of esters is 2. The summed E-state index contributed by atoms with van der Waals surface area (Å²) in [6, 6.07) is 14.8. The number of nitrogens with one attached hydrogen (secondary N) is 1. The van der Waals surface area contributed by atoms with Gasteiger partial charge in [-0.2, -0.15) is 0 Å². The average molecular weight is 494 g/mol. The fourth-order valence-corrected chi connectivity index (χ4v) is 4.03. The van der Waals surface area contributed by atoms with Gasteiger partial charge in [0.1, 0.15) is 5.39 Å². The molecule has 0 amide bonds. The molecule has 2 heterocycles. The summed E-state index contributed by atoms with van der Waals surface area (Å²) in [4.78, 5) is 56.9. The second-order valence-electron chi connectivity index (χ2n) is 7.64. The van der Waals surface area contributed by atoms with E-state index in [2.05, 4.69) is 10.1 Å². The fraction of sp³-hybridized carbons (Fsp3) is 0.160. The minimum absolute atomic E-state index is 0.0328. The highest BCUT2D eigenvalue weighted by Crippen LogP contribution is 2.32. The van der Waals surface area contributed by atoms with Crippen LogP contribution >= 0.6 is 11.6 Å². The maximum Gasteiger partial charge on any atom is 0.357 e. The SMILES string of the molecule is COC(=O)c1nc2[nH]n(-c3ccccc3)c(=O)c2c(C(=O)OC)c1[C@H](C)C(=O)c1ccc(Cl)cc1. The van der Waals surface area contributed by atoms with Crippen LogP contribution in [0.4, 0.5) is 0 Å². The highest BCUT2D eigenvalue weighted by atomic mass is 35.5. The Morgan fingerprint density at radius 3 is 2.20 bits per heavy atom. The number of rotatable bonds is 6. The van der Waals surface area contributed by atoms with E-state index < -0.39 is 29.2 Å². The first-order valence-electron chi connectivity index (χ1n) is 10.5. The van der Waals surface area contributed by atoms with E-state index in [1.54, 1.807) is 42.5 Å². The summed E-state index contributed by atoms with van der Waals surface area (Å²) in [5.74, 6) is -3.26. The molecule has 4 rings (SSSR count). The van der Waals surface area contributed by atoms with E-state index in [0.29, 0.717) is 16.3 Å². The van der Waals surface area contributed by atoms with Crippen LogP contribution in [-0.2, 0) is 9.47 Å². The lowest BCUT2D eigenvalue weighted by Crippen LogP contribution is -2.23. The maximum absolute atomic E-state index is 13.4. The van der Waals surface area contributed by atoms with Gasteiger partial charge in [-0.3, -0.25) is 14.7 Å². The molecule has 0 bridgehead atoms. The summed E-state index contributed by atoms with van der Waals surface area (Å²) in [7, 11) is 2.30. The summed E-state index contributed by atoms with van der Waals surface area (Å²) >= 11 is 5.94. The number of nitrogens with zero attached hydrogens (tertiary/aromatic N) is 2. The summed E-state index contributed by atoms with van der Waals surface area (Å²) in [6.45, 7) is 1.51. The third-order valence-corrected chi connectivity index (χ3v) is 5.86.